The van der Waals surface area contributed by atoms with Gasteiger partial charge in [-0.3, -0.25) is 0 Å². The summed E-state index contributed by atoms with van der Waals surface area (Å²) in [6, 6.07) is 63.7. The fourth-order valence-electron chi connectivity index (χ4n) is 8.05. The van der Waals surface area contributed by atoms with Gasteiger partial charge in [0.25, 0.3) is 0 Å². The Hall–Kier alpha value is -6.58. The number of allylic oxidation sites excluding steroid dienone is 1. The Morgan fingerprint density at radius 2 is 0.843 bits per heavy atom. The first kappa shape index (κ1) is 29.3. The maximum Gasteiger partial charge on any atom is 0.0541 e. The Bertz CT molecular complexity index is 2660. The minimum atomic E-state index is 1.08. The lowest BCUT2D eigenvalue weighted by Crippen LogP contribution is -2.10. The van der Waals surface area contributed by atoms with Crippen LogP contribution in [0.25, 0.3) is 61.3 Å². The van der Waals surface area contributed by atoms with Crippen LogP contribution in [0.3, 0.4) is 0 Å². The van der Waals surface area contributed by atoms with E-state index in [1.807, 2.05) is 0 Å². The summed E-state index contributed by atoms with van der Waals surface area (Å²) in [7, 11) is 0. The van der Waals surface area contributed by atoms with Crippen LogP contribution in [0.15, 0.2) is 182 Å². The Labute approximate surface area is 297 Å². The number of anilines is 3. The fourth-order valence-corrected chi connectivity index (χ4v) is 8.05. The van der Waals surface area contributed by atoms with Gasteiger partial charge in [0.2, 0.25) is 0 Å². The molecule has 0 unspecified atom stereocenters. The Morgan fingerprint density at radius 1 is 0.392 bits per heavy atom. The number of hydrogen-bond donors (Lipinski definition) is 0. The van der Waals surface area contributed by atoms with Gasteiger partial charge in [0.1, 0.15) is 0 Å². The second-order valence-electron chi connectivity index (χ2n) is 13.3. The summed E-state index contributed by atoms with van der Waals surface area (Å²) in [5.41, 5.74) is 14.5. The van der Waals surface area contributed by atoms with Gasteiger partial charge in [0.15, 0.2) is 0 Å². The third kappa shape index (κ3) is 4.89. The van der Waals surface area contributed by atoms with E-state index in [0.717, 1.165) is 35.6 Å². The zero-order valence-electron chi connectivity index (χ0n) is 28.2. The van der Waals surface area contributed by atoms with E-state index >= 15 is 0 Å². The standard InChI is InChI=1S/C48H35N3/c1-2-12-34(13-3-1)35-22-24-36(25-23-35)49(37-26-30-39(31-27-37)50-45-18-8-4-14-41(45)42-15-5-9-19-46(42)50)38-28-32-40(33-29-38)51-47-20-10-6-16-43(47)44-17-7-11-21-48(44)51/h1-6,8-16,18-33H,7,17H2. The molecule has 2 heterocycles. The Morgan fingerprint density at radius 3 is 1.43 bits per heavy atom. The molecule has 0 fully saturated rings. The molecule has 0 bridgehead atoms. The molecule has 3 nitrogen and oxygen atoms in total. The number of rotatable bonds is 6. The number of fused-ring (bicyclic) bond motifs is 6. The normalized spacial score (nSPS) is 12.5. The van der Waals surface area contributed by atoms with Crippen molar-refractivity contribution in [3.8, 4) is 22.5 Å². The molecule has 1 aliphatic rings. The third-order valence-electron chi connectivity index (χ3n) is 10.4. The van der Waals surface area contributed by atoms with Crippen molar-refractivity contribution in [3.63, 3.8) is 0 Å². The average molecular weight is 654 g/mol. The van der Waals surface area contributed by atoms with Crippen molar-refractivity contribution >= 4 is 55.8 Å². The molecule has 0 atom stereocenters. The zero-order chi connectivity index (χ0) is 33.7. The second kappa shape index (κ2) is 12.1. The molecule has 10 rings (SSSR count). The summed E-state index contributed by atoms with van der Waals surface area (Å²) in [5, 5.41) is 3.89. The molecule has 242 valence electrons. The molecular weight excluding hydrogens is 619 g/mol. The van der Waals surface area contributed by atoms with Crippen molar-refractivity contribution in [3.05, 3.63) is 193 Å². The van der Waals surface area contributed by atoms with E-state index in [1.54, 1.807) is 0 Å². The smallest absolute Gasteiger partial charge is 0.0541 e. The van der Waals surface area contributed by atoms with Gasteiger partial charge < -0.3 is 14.0 Å². The fraction of sp³-hybridized carbons (Fsp3) is 0.0417. The number of aromatic nitrogens is 2. The van der Waals surface area contributed by atoms with Gasteiger partial charge in [-0.1, -0.05) is 103 Å². The maximum atomic E-state index is 2.42. The topological polar surface area (TPSA) is 13.1 Å². The van der Waals surface area contributed by atoms with Crippen LogP contribution in [0.4, 0.5) is 17.1 Å². The van der Waals surface area contributed by atoms with Crippen molar-refractivity contribution in [2.45, 2.75) is 12.8 Å². The highest BCUT2D eigenvalue weighted by Gasteiger charge is 2.20. The van der Waals surface area contributed by atoms with E-state index < -0.39 is 0 Å². The summed E-state index contributed by atoms with van der Waals surface area (Å²) in [4.78, 5) is 2.36. The minimum absolute atomic E-state index is 1.08. The molecular formula is C48H35N3. The van der Waals surface area contributed by atoms with E-state index in [2.05, 4.69) is 202 Å². The first-order chi connectivity index (χ1) is 25.3. The van der Waals surface area contributed by atoms with Gasteiger partial charge >= 0.3 is 0 Å². The van der Waals surface area contributed by atoms with Crippen molar-refractivity contribution in [1.29, 1.82) is 0 Å². The lowest BCUT2D eigenvalue weighted by atomic mass is 10.0. The highest BCUT2D eigenvalue weighted by atomic mass is 15.1. The summed E-state index contributed by atoms with van der Waals surface area (Å²) in [5.74, 6) is 0. The number of nitrogens with zero attached hydrogens (tertiary/aromatic N) is 3. The van der Waals surface area contributed by atoms with Crippen LogP contribution in [-0.2, 0) is 6.42 Å². The summed E-state index contributed by atoms with van der Waals surface area (Å²) >= 11 is 0. The first-order valence-corrected chi connectivity index (χ1v) is 17.8. The molecule has 0 radical (unpaired) electrons. The van der Waals surface area contributed by atoms with Crippen LogP contribution in [0, 0.1) is 0 Å². The third-order valence-corrected chi connectivity index (χ3v) is 10.4. The van der Waals surface area contributed by atoms with E-state index in [0.29, 0.717) is 0 Å². The van der Waals surface area contributed by atoms with Gasteiger partial charge in [-0.2, -0.15) is 0 Å². The molecule has 0 aliphatic heterocycles. The Kier molecular flexibility index (Phi) is 6.95. The molecule has 2 aromatic heterocycles. The predicted octanol–water partition coefficient (Wildman–Crippen LogP) is 12.8. The maximum absolute atomic E-state index is 2.42. The van der Waals surface area contributed by atoms with E-state index in [1.165, 1.54) is 60.8 Å². The van der Waals surface area contributed by atoms with Crippen LogP contribution in [0.1, 0.15) is 17.7 Å². The largest absolute Gasteiger partial charge is 0.311 e. The molecule has 1 aliphatic carbocycles. The molecule has 0 saturated heterocycles. The van der Waals surface area contributed by atoms with E-state index in [9.17, 15) is 0 Å². The quantitative estimate of drug-likeness (QED) is 0.174. The summed E-state index contributed by atoms with van der Waals surface area (Å²) in [6.07, 6.45) is 6.77. The van der Waals surface area contributed by atoms with Crippen LogP contribution in [0.5, 0.6) is 0 Å². The van der Waals surface area contributed by atoms with Gasteiger partial charge in [-0.25, -0.2) is 0 Å². The molecule has 0 N–H and O–H groups in total. The molecule has 3 heteroatoms. The van der Waals surface area contributed by atoms with Gasteiger partial charge in [-0.15, -0.1) is 0 Å². The van der Waals surface area contributed by atoms with Gasteiger partial charge in [0.05, 0.1) is 16.6 Å². The molecule has 7 aromatic carbocycles. The average Bonchev–Trinajstić information content (AvgIpc) is 3.72. The van der Waals surface area contributed by atoms with Gasteiger partial charge in [-0.05, 0) is 114 Å². The monoisotopic (exact) mass is 653 g/mol. The molecule has 9 aromatic rings. The Balaban J connectivity index is 1.08. The summed E-state index contributed by atoms with van der Waals surface area (Å²) in [6.45, 7) is 0. The highest BCUT2D eigenvalue weighted by molar-refractivity contribution is 6.09. The molecule has 0 spiro atoms. The number of para-hydroxylation sites is 3. The zero-order valence-corrected chi connectivity index (χ0v) is 28.2. The molecule has 0 amide bonds. The number of benzene rings is 7. The van der Waals surface area contributed by atoms with E-state index in [-0.39, 0.29) is 0 Å². The second-order valence-corrected chi connectivity index (χ2v) is 13.3. The minimum Gasteiger partial charge on any atom is -0.311 e. The molecule has 0 saturated carbocycles. The number of aryl methyl sites for hydroxylation is 1. The highest BCUT2D eigenvalue weighted by Crippen LogP contribution is 2.39. The predicted molar refractivity (Wildman–Crippen MR) is 215 cm³/mol. The first-order valence-electron chi connectivity index (χ1n) is 17.8. The van der Waals surface area contributed by atoms with Crippen LogP contribution < -0.4 is 4.90 Å². The van der Waals surface area contributed by atoms with Crippen LogP contribution in [0.2, 0.25) is 0 Å². The van der Waals surface area contributed by atoms with Crippen molar-refractivity contribution in [2.75, 3.05) is 4.90 Å². The van der Waals surface area contributed by atoms with Crippen LogP contribution in [-0.4, -0.2) is 9.13 Å². The van der Waals surface area contributed by atoms with E-state index in [4.69, 9.17) is 0 Å². The lowest BCUT2D eigenvalue weighted by Gasteiger charge is -2.26. The SMILES string of the molecule is C1=Cc2c(c3ccccc3n2-c2ccc(N(c3ccc(-c4ccccc4)cc3)c3ccc(-n4c5ccccc5c5ccccc54)cc3)cc2)CC1. The number of hydrogen-bond acceptors (Lipinski definition) is 1. The van der Waals surface area contributed by atoms with Crippen molar-refractivity contribution in [1.82, 2.24) is 9.13 Å². The van der Waals surface area contributed by atoms with Gasteiger partial charge in [0, 0.05) is 50.3 Å². The van der Waals surface area contributed by atoms with Crippen molar-refractivity contribution < 1.29 is 0 Å². The molecule has 51 heavy (non-hydrogen) atoms. The van der Waals surface area contributed by atoms with Crippen LogP contribution >= 0.6 is 0 Å². The lowest BCUT2D eigenvalue weighted by molar-refractivity contribution is 0.967. The summed E-state index contributed by atoms with van der Waals surface area (Å²) < 4.78 is 4.79. The van der Waals surface area contributed by atoms with Crippen molar-refractivity contribution in [2.24, 2.45) is 0 Å².